The number of esters is 1. The molecule has 1 aromatic carbocycles. The Labute approximate surface area is 214 Å². The lowest BCUT2D eigenvalue weighted by Crippen LogP contribution is -2.42. The number of nitrogens with one attached hydrogen (secondary N) is 2. The highest BCUT2D eigenvalue weighted by Gasteiger charge is 2.58. The molecule has 0 spiro atoms. The molecule has 2 heterocycles. The lowest BCUT2D eigenvalue weighted by Gasteiger charge is -2.25. The lowest BCUT2D eigenvalue weighted by molar-refractivity contribution is -0.149. The van der Waals surface area contributed by atoms with Crippen molar-refractivity contribution < 1.29 is 41.8 Å². The van der Waals surface area contributed by atoms with E-state index >= 15 is 4.39 Å². The molecule has 0 aliphatic carbocycles. The summed E-state index contributed by atoms with van der Waals surface area (Å²) < 4.78 is 63.9. The maximum Gasteiger partial charge on any atom is 0.459 e. The van der Waals surface area contributed by atoms with Crippen LogP contribution in [-0.2, 0) is 23.4 Å². The molecule has 0 unspecified atom stereocenters. The first kappa shape index (κ1) is 29.0. The van der Waals surface area contributed by atoms with Crippen LogP contribution in [0.2, 0.25) is 0 Å². The van der Waals surface area contributed by atoms with Gasteiger partial charge in [0.25, 0.3) is 10.7 Å². The number of ether oxygens (including phenoxy) is 2. The number of aromatic amines is 1. The largest absolute Gasteiger partial charge is 0.462 e. The van der Waals surface area contributed by atoms with Crippen LogP contribution in [0, 0.1) is 5.82 Å². The number of aliphatic hydroxyl groups excluding tert-OH is 1. The number of rotatable bonds is 10. The third kappa shape index (κ3) is 6.83. The number of hydrogen-bond donors (Lipinski definition) is 3. The summed E-state index contributed by atoms with van der Waals surface area (Å²) in [5.74, 6) is -2.12. The van der Waals surface area contributed by atoms with E-state index in [2.05, 4.69) is 5.09 Å². The maximum absolute atomic E-state index is 15.2. The molecule has 0 radical (unpaired) electrons. The first-order valence-corrected chi connectivity index (χ1v) is 12.9. The van der Waals surface area contributed by atoms with Crippen LogP contribution < -0.4 is 20.9 Å². The molecule has 1 aromatic heterocycles. The molecule has 12 nitrogen and oxygen atoms in total. The summed E-state index contributed by atoms with van der Waals surface area (Å²) in [6, 6.07) is 6.55. The van der Waals surface area contributed by atoms with Crippen LogP contribution in [0.3, 0.4) is 0 Å². The summed E-state index contributed by atoms with van der Waals surface area (Å²) in [7, 11) is -4.41. The van der Waals surface area contributed by atoms with Gasteiger partial charge in [-0.3, -0.25) is 23.7 Å². The number of carbonyl (C=O) groups excluding carboxylic acids is 1. The van der Waals surface area contributed by atoms with Crippen molar-refractivity contribution in [2.45, 2.75) is 56.5 Å². The first-order chi connectivity index (χ1) is 17.2. The van der Waals surface area contributed by atoms with Gasteiger partial charge in [0, 0.05) is 0 Å². The Kier molecular flexibility index (Phi) is 8.93. The van der Waals surface area contributed by atoms with Gasteiger partial charge in [0.15, 0.2) is 6.23 Å². The average Bonchev–Trinajstić information content (AvgIpc) is 3.03. The SMILES string of the molecule is CC(C)OC(=O)[C@H](C)N[P@@](=O)(OC[C@H]1O[C@@H](n2cc(F)c(=O)[nH]c2=O)[C@](F)(Cl)[C@@H]1O)Oc1ccccc1. The fourth-order valence-electron chi connectivity index (χ4n) is 3.25. The zero-order valence-corrected chi connectivity index (χ0v) is 21.4. The Balaban J connectivity index is 1.82. The minimum absolute atomic E-state index is 0.0842. The van der Waals surface area contributed by atoms with Gasteiger partial charge in [0.2, 0.25) is 5.82 Å². The molecule has 0 amide bonds. The molecule has 0 saturated carbocycles. The highest BCUT2D eigenvalue weighted by Crippen LogP contribution is 2.48. The summed E-state index contributed by atoms with van der Waals surface area (Å²) >= 11 is 5.78. The van der Waals surface area contributed by atoms with Gasteiger partial charge in [0.1, 0.15) is 24.0 Å². The van der Waals surface area contributed by atoms with Crippen LogP contribution in [0.25, 0.3) is 0 Å². The molecule has 2 aromatic rings. The van der Waals surface area contributed by atoms with Gasteiger partial charge in [-0.15, -0.1) is 0 Å². The van der Waals surface area contributed by atoms with E-state index in [1.807, 2.05) is 0 Å². The third-order valence-electron chi connectivity index (χ3n) is 4.99. The van der Waals surface area contributed by atoms with Crippen molar-refractivity contribution in [3.63, 3.8) is 0 Å². The van der Waals surface area contributed by atoms with Crippen LogP contribution in [0.5, 0.6) is 5.75 Å². The van der Waals surface area contributed by atoms with Crippen molar-refractivity contribution in [2.24, 2.45) is 0 Å². The second-order valence-corrected chi connectivity index (χ2v) is 10.6. The van der Waals surface area contributed by atoms with E-state index in [4.69, 9.17) is 30.1 Å². The van der Waals surface area contributed by atoms with Gasteiger partial charge in [-0.05, 0) is 32.9 Å². The Bertz CT molecular complexity index is 1270. The summed E-state index contributed by atoms with van der Waals surface area (Å²) in [5, 5.41) is 9.62. The van der Waals surface area contributed by atoms with Gasteiger partial charge in [-0.2, -0.15) is 9.48 Å². The maximum atomic E-state index is 15.2. The molecule has 1 aliphatic rings. The Hall–Kier alpha value is -2.61. The van der Waals surface area contributed by atoms with E-state index in [-0.39, 0.29) is 5.75 Å². The number of benzene rings is 1. The van der Waals surface area contributed by atoms with E-state index in [1.165, 1.54) is 19.1 Å². The van der Waals surface area contributed by atoms with E-state index in [0.29, 0.717) is 10.8 Å². The molecule has 3 N–H and O–H groups in total. The summed E-state index contributed by atoms with van der Waals surface area (Å²) in [6.07, 6.45) is -6.02. The number of H-pyrrole nitrogens is 1. The second-order valence-electron chi connectivity index (χ2n) is 8.32. The topological polar surface area (TPSA) is 158 Å². The minimum Gasteiger partial charge on any atom is -0.462 e. The molecule has 3 rings (SSSR count). The van der Waals surface area contributed by atoms with Gasteiger partial charge < -0.3 is 19.1 Å². The van der Waals surface area contributed by atoms with Gasteiger partial charge in [-0.1, -0.05) is 29.8 Å². The zero-order valence-electron chi connectivity index (χ0n) is 19.8. The van der Waals surface area contributed by atoms with E-state index in [1.54, 1.807) is 37.0 Å². The van der Waals surface area contributed by atoms with Crippen LogP contribution in [0.4, 0.5) is 8.78 Å². The molecule has 16 heteroatoms. The normalized spacial score (nSPS) is 26.0. The van der Waals surface area contributed by atoms with Crippen molar-refractivity contribution in [1.82, 2.24) is 14.6 Å². The van der Waals surface area contributed by atoms with Crippen molar-refractivity contribution >= 4 is 25.3 Å². The molecule has 1 aliphatic heterocycles. The number of nitrogens with zero attached hydrogens (tertiary/aromatic N) is 1. The fraction of sp³-hybridized carbons (Fsp3) is 0.476. The summed E-state index contributed by atoms with van der Waals surface area (Å²) in [4.78, 5) is 37.2. The summed E-state index contributed by atoms with van der Waals surface area (Å²) in [5.41, 5.74) is -2.61. The quantitative estimate of drug-likeness (QED) is 0.220. The van der Waals surface area contributed by atoms with Crippen molar-refractivity contribution in [3.8, 4) is 5.75 Å². The van der Waals surface area contributed by atoms with Crippen molar-refractivity contribution in [3.05, 3.63) is 63.2 Å². The number of aliphatic hydroxyl groups is 1. The highest BCUT2D eigenvalue weighted by atomic mass is 35.5. The number of halogens is 3. The number of carbonyl (C=O) groups is 1. The van der Waals surface area contributed by atoms with Gasteiger partial charge in [0.05, 0.1) is 18.9 Å². The first-order valence-electron chi connectivity index (χ1n) is 10.9. The van der Waals surface area contributed by atoms with Gasteiger partial charge >= 0.3 is 19.4 Å². The minimum atomic E-state index is -4.41. The predicted molar refractivity (Wildman–Crippen MR) is 125 cm³/mol. The molecule has 204 valence electrons. The molecule has 0 bridgehead atoms. The van der Waals surface area contributed by atoms with Crippen LogP contribution in [0.1, 0.15) is 27.0 Å². The third-order valence-corrected chi connectivity index (χ3v) is 7.05. The standard InChI is InChI=1S/C21H25ClF2N3O9P/c1-11(2)34-18(30)12(3)26-37(32,36-13-7-5-4-6-8-13)33-10-15-16(28)21(22,24)19(35-15)27-9-14(23)17(29)25-20(27)31/h4-9,11-12,15-16,19,28H,10H2,1-3H3,(H,26,32)(H,25,29,31)/t12-,15+,16+,19+,21-,37+/m0/s1. The van der Waals surface area contributed by atoms with Crippen molar-refractivity contribution in [1.29, 1.82) is 0 Å². The molecule has 1 fully saturated rings. The lowest BCUT2D eigenvalue weighted by atomic mass is 10.1. The van der Waals surface area contributed by atoms with Crippen molar-refractivity contribution in [2.75, 3.05) is 6.61 Å². The second kappa shape index (κ2) is 11.4. The molecule has 1 saturated heterocycles. The van der Waals surface area contributed by atoms with E-state index < -0.39 is 73.1 Å². The van der Waals surface area contributed by atoms with E-state index in [9.17, 15) is 28.4 Å². The highest BCUT2D eigenvalue weighted by molar-refractivity contribution is 7.52. The predicted octanol–water partition coefficient (Wildman–Crippen LogP) is 1.97. The fourth-order valence-corrected chi connectivity index (χ4v) is 5.05. The van der Waals surface area contributed by atoms with Crippen LogP contribution >= 0.6 is 19.3 Å². The number of hydrogen-bond acceptors (Lipinski definition) is 9. The number of para-hydroxylation sites is 1. The van der Waals surface area contributed by atoms with Crippen LogP contribution in [-0.4, -0.2) is 56.7 Å². The molecular formula is C21H25ClF2N3O9P. The number of aromatic nitrogens is 2. The smallest absolute Gasteiger partial charge is 0.459 e. The molecular weight excluding hydrogens is 543 g/mol. The molecule has 6 atom stereocenters. The Morgan fingerprint density at radius 2 is 1.97 bits per heavy atom. The van der Waals surface area contributed by atoms with E-state index in [0.717, 1.165) is 0 Å². The zero-order chi connectivity index (χ0) is 27.5. The Morgan fingerprint density at radius 1 is 1.32 bits per heavy atom. The van der Waals surface area contributed by atoms with Crippen LogP contribution in [0.15, 0.2) is 46.1 Å². The summed E-state index contributed by atoms with van der Waals surface area (Å²) in [6.45, 7) is 3.75. The molecule has 37 heavy (non-hydrogen) atoms. The number of alkyl halides is 2. The average molecular weight is 568 g/mol. The monoisotopic (exact) mass is 567 g/mol. The van der Waals surface area contributed by atoms with Gasteiger partial charge in [-0.25, -0.2) is 13.8 Å². The Morgan fingerprint density at radius 3 is 2.59 bits per heavy atom.